The number of benzene rings is 4. The van der Waals surface area contributed by atoms with Crippen molar-refractivity contribution in [2.24, 2.45) is 46.3 Å². The minimum Gasteiger partial charge on any atom is -0.456 e. The topological polar surface area (TPSA) is 26.3 Å². The van der Waals surface area contributed by atoms with Crippen LogP contribution in [0.2, 0.25) is 0 Å². The molecule has 2 heteroatoms. The van der Waals surface area contributed by atoms with Gasteiger partial charge in [0.05, 0.1) is 0 Å². The molecule has 206 valence electrons. The van der Waals surface area contributed by atoms with Gasteiger partial charge in [-0.3, -0.25) is 0 Å². The van der Waals surface area contributed by atoms with Gasteiger partial charge >= 0.3 is 0 Å². The molecule has 0 aromatic heterocycles. The molecule has 2 spiro atoms. The van der Waals surface area contributed by atoms with E-state index in [1.165, 1.54) is 96.9 Å². The summed E-state index contributed by atoms with van der Waals surface area (Å²) in [5.41, 5.74) is 12.0. The predicted octanol–water partition coefficient (Wildman–Crippen LogP) is 10.2. The summed E-state index contributed by atoms with van der Waals surface area (Å²) < 4.78 is 13.9. The largest absolute Gasteiger partial charge is 0.456 e. The maximum atomic E-state index is 6.94. The highest BCUT2D eigenvalue weighted by atomic mass is 16.3. The summed E-state index contributed by atoms with van der Waals surface area (Å²) in [5.74, 6) is 5.90. The van der Waals surface area contributed by atoms with Gasteiger partial charge < -0.3 is 8.83 Å². The highest BCUT2D eigenvalue weighted by Crippen LogP contribution is 2.87. The second-order valence-corrected chi connectivity index (χ2v) is 17.2. The zero-order valence-corrected chi connectivity index (χ0v) is 24.0. The molecule has 0 N–H and O–H groups in total. The molecule has 10 atom stereocenters. The Morgan fingerprint density at radius 3 is 1.43 bits per heavy atom. The van der Waals surface area contributed by atoms with Crippen LogP contribution in [-0.4, -0.2) is 0 Å². The third-order valence-corrected chi connectivity index (χ3v) is 16.7. The van der Waals surface area contributed by atoms with E-state index in [1.807, 2.05) is 0 Å². The molecule has 4 aromatic rings. The number of fused-ring (bicyclic) bond motifs is 2. The summed E-state index contributed by atoms with van der Waals surface area (Å²) in [6.45, 7) is 0. The molecule has 10 unspecified atom stereocenters. The van der Waals surface area contributed by atoms with Crippen molar-refractivity contribution in [1.29, 1.82) is 0 Å². The minimum absolute atomic E-state index is 0.412. The van der Waals surface area contributed by atoms with Gasteiger partial charge in [0, 0.05) is 32.7 Å². The summed E-state index contributed by atoms with van der Waals surface area (Å²) in [6.07, 6.45) is 14.7. The van der Waals surface area contributed by atoms with E-state index >= 15 is 0 Å². The summed E-state index contributed by atoms with van der Waals surface area (Å²) in [5, 5.41) is 5.23. The van der Waals surface area contributed by atoms with Crippen molar-refractivity contribution in [3.63, 3.8) is 0 Å². The zero-order chi connectivity index (χ0) is 26.5. The first-order valence-electron chi connectivity index (χ1n) is 17.2. The quantitative estimate of drug-likeness (QED) is 0.160. The lowest BCUT2D eigenvalue weighted by atomic mass is 9.31. The summed E-state index contributed by atoms with van der Waals surface area (Å²) in [6, 6.07) is 19.3. The van der Waals surface area contributed by atoms with Gasteiger partial charge in [-0.2, -0.15) is 0 Å². The maximum absolute atomic E-state index is 6.94. The molecule has 2 aliphatic heterocycles. The second-order valence-electron chi connectivity index (χ2n) is 17.2. The van der Waals surface area contributed by atoms with E-state index in [1.54, 1.807) is 11.1 Å². The summed E-state index contributed by atoms with van der Waals surface area (Å²) >= 11 is 0. The van der Waals surface area contributed by atoms with Gasteiger partial charge in [0.15, 0.2) is 0 Å². The van der Waals surface area contributed by atoms with Crippen LogP contribution in [0.15, 0.2) is 57.4 Å². The molecule has 4 aromatic carbocycles. The van der Waals surface area contributed by atoms with Crippen LogP contribution in [0.1, 0.15) is 75.3 Å². The van der Waals surface area contributed by atoms with Gasteiger partial charge in [-0.05, 0) is 157 Å². The SMILES string of the molecule is c1cc2cc(C34CC5CC6CC(C3)C64C5)cc3oc4ccc5cc(C67CC8CC9CC(C6)C97C8)cc6oc1c(c23)-c4c56. The van der Waals surface area contributed by atoms with Gasteiger partial charge in [0.2, 0.25) is 0 Å². The van der Waals surface area contributed by atoms with Crippen molar-refractivity contribution >= 4 is 43.9 Å². The van der Waals surface area contributed by atoms with E-state index in [-0.39, 0.29) is 0 Å². The van der Waals surface area contributed by atoms with Gasteiger partial charge in [-0.1, -0.05) is 24.3 Å². The third-order valence-electron chi connectivity index (χ3n) is 16.7. The van der Waals surface area contributed by atoms with E-state index in [0.717, 1.165) is 57.8 Å². The first-order chi connectivity index (χ1) is 20.6. The highest BCUT2D eigenvalue weighted by Gasteiger charge is 2.81. The Labute approximate surface area is 244 Å². The second kappa shape index (κ2) is 5.76. The fourth-order valence-corrected chi connectivity index (χ4v) is 15.8. The Hall–Kier alpha value is -3.00. The van der Waals surface area contributed by atoms with Crippen LogP contribution in [0.25, 0.3) is 55.0 Å². The van der Waals surface area contributed by atoms with Gasteiger partial charge in [-0.15, -0.1) is 0 Å². The van der Waals surface area contributed by atoms with Crippen molar-refractivity contribution in [3.8, 4) is 11.1 Å². The molecule has 8 fully saturated rings. The van der Waals surface area contributed by atoms with Crippen molar-refractivity contribution in [2.45, 2.75) is 75.0 Å². The molecule has 2 heterocycles. The Bertz CT molecular complexity index is 2090. The third kappa shape index (κ3) is 1.72. The Balaban J connectivity index is 1.02. The molecule has 0 saturated heterocycles. The Morgan fingerprint density at radius 1 is 0.476 bits per heavy atom. The van der Waals surface area contributed by atoms with Crippen LogP contribution in [0.4, 0.5) is 0 Å². The van der Waals surface area contributed by atoms with Crippen molar-refractivity contribution < 1.29 is 8.83 Å². The summed E-state index contributed by atoms with van der Waals surface area (Å²) in [4.78, 5) is 0. The number of hydrogen-bond acceptors (Lipinski definition) is 2. The number of rotatable bonds is 2. The van der Waals surface area contributed by atoms with Gasteiger partial charge in [0.25, 0.3) is 0 Å². The average Bonchev–Trinajstić information content (AvgIpc) is 3.68. The highest BCUT2D eigenvalue weighted by molar-refractivity contribution is 6.23. The van der Waals surface area contributed by atoms with Crippen molar-refractivity contribution in [3.05, 3.63) is 59.7 Å². The molecule has 10 aliphatic rings. The van der Waals surface area contributed by atoms with E-state index in [4.69, 9.17) is 8.83 Å². The van der Waals surface area contributed by atoms with Crippen LogP contribution >= 0.6 is 0 Å². The lowest BCUT2D eigenvalue weighted by Crippen LogP contribution is -2.68. The molecule has 42 heavy (non-hydrogen) atoms. The van der Waals surface area contributed by atoms with E-state index in [2.05, 4.69) is 48.5 Å². The fourth-order valence-electron chi connectivity index (χ4n) is 15.8. The lowest BCUT2D eigenvalue weighted by Gasteiger charge is -2.73. The smallest absolute Gasteiger partial charge is 0.136 e. The molecule has 8 aliphatic carbocycles. The van der Waals surface area contributed by atoms with Crippen LogP contribution < -0.4 is 0 Å². The molecule has 8 saturated carbocycles. The van der Waals surface area contributed by atoms with E-state index in [9.17, 15) is 0 Å². The average molecular weight is 547 g/mol. The van der Waals surface area contributed by atoms with Crippen LogP contribution in [-0.2, 0) is 10.8 Å². The maximum Gasteiger partial charge on any atom is 0.136 e. The van der Waals surface area contributed by atoms with Gasteiger partial charge in [0.1, 0.15) is 22.3 Å². The van der Waals surface area contributed by atoms with Gasteiger partial charge in [-0.25, -0.2) is 0 Å². The zero-order valence-electron chi connectivity index (χ0n) is 24.0. The van der Waals surface area contributed by atoms with Crippen LogP contribution in [0.3, 0.4) is 0 Å². The minimum atomic E-state index is 0.412. The molecule has 2 nitrogen and oxygen atoms in total. The van der Waals surface area contributed by atoms with Crippen LogP contribution in [0.5, 0.6) is 0 Å². The fraction of sp³-hybridized carbons (Fsp3) is 0.500. The molecule has 14 rings (SSSR count). The lowest BCUT2D eigenvalue weighted by molar-refractivity contribution is -0.198. The Morgan fingerprint density at radius 2 is 0.976 bits per heavy atom. The number of hydrogen-bond donors (Lipinski definition) is 0. The first kappa shape index (κ1) is 20.8. The molecule has 4 bridgehead atoms. The first-order valence-corrected chi connectivity index (χ1v) is 17.2. The molecular weight excluding hydrogens is 512 g/mol. The standard InChI is InChI=1S/C40H34O2/c1-3-29-35-33-21(1)7-23(37-13-19-5-25-9-27(17-37)39(25,37)15-19)11-31(33)42-30-4-2-22-8-24(12-32(41-29)34(22)36(30)35)38-14-20-6-26-10-28(18-38)40(26,38)16-20/h1-4,7-8,11-12,19-20,25-28H,5-6,9-10,13-18H2. The van der Waals surface area contributed by atoms with E-state index in [0.29, 0.717) is 21.7 Å². The predicted molar refractivity (Wildman–Crippen MR) is 164 cm³/mol. The van der Waals surface area contributed by atoms with E-state index < -0.39 is 0 Å². The van der Waals surface area contributed by atoms with Crippen molar-refractivity contribution in [1.82, 2.24) is 0 Å². The summed E-state index contributed by atoms with van der Waals surface area (Å²) in [7, 11) is 0. The van der Waals surface area contributed by atoms with Crippen LogP contribution in [0, 0.1) is 46.3 Å². The monoisotopic (exact) mass is 546 g/mol. The Kier molecular flexibility index (Phi) is 2.86. The molecule has 0 radical (unpaired) electrons. The molecular formula is C40H34O2. The normalized spacial score (nSPS) is 46.5. The van der Waals surface area contributed by atoms with Crippen molar-refractivity contribution in [2.75, 3.05) is 0 Å². The molecule has 0 amide bonds.